The number of hydrogen-bond acceptors (Lipinski definition) is 1. The van der Waals surface area contributed by atoms with E-state index in [0.717, 1.165) is 5.56 Å². The lowest BCUT2D eigenvalue weighted by atomic mass is 10.0. The predicted molar refractivity (Wildman–Crippen MR) is 80.7 cm³/mol. The van der Waals surface area contributed by atoms with Crippen molar-refractivity contribution in [3.63, 3.8) is 0 Å². The Bertz CT molecular complexity index is 682. The van der Waals surface area contributed by atoms with Gasteiger partial charge in [0.05, 0.1) is 5.69 Å². The van der Waals surface area contributed by atoms with Crippen LogP contribution in [0.15, 0.2) is 72.9 Å². The molecule has 0 saturated carbocycles. The van der Waals surface area contributed by atoms with Crippen molar-refractivity contribution in [3.8, 4) is 11.1 Å². The summed E-state index contributed by atoms with van der Waals surface area (Å²) < 4.78 is 0. The smallest absolute Gasteiger partial charge is 0.183 e. The second-order valence-corrected chi connectivity index (χ2v) is 4.75. The van der Waals surface area contributed by atoms with E-state index in [1.165, 1.54) is 11.1 Å². The Hall–Kier alpha value is -2.61. The number of carbonyl (C=O) groups is 1. The molecule has 2 heteroatoms. The number of Topliss-reactive ketones (excluding diaryl/α,β-unsaturated/α-hetero) is 1. The van der Waals surface area contributed by atoms with Gasteiger partial charge in [-0.05, 0) is 28.8 Å². The van der Waals surface area contributed by atoms with Crippen LogP contribution in [0.5, 0.6) is 0 Å². The number of aromatic nitrogens is 1. The third kappa shape index (κ3) is 2.69. The molecule has 0 bridgehead atoms. The molecule has 0 spiro atoms. The van der Waals surface area contributed by atoms with Gasteiger partial charge in [0.15, 0.2) is 5.78 Å². The molecular formula is C18H15NO. The van der Waals surface area contributed by atoms with E-state index in [-0.39, 0.29) is 5.78 Å². The van der Waals surface area contributed by atoms with Crippen LogP contribution in [0.1, 0.15) is 16.1 Å². The Morgan fingerprint density at radius 2 is 1.50 bits per heavy atom. The Morgan fingerprint density at radius 3 is 2.15 bits per heavy atom. The highest BCUT2D eigenvalue weighted by atomic mass is 16.1. The summed E-state index contributed by atoms with van der Waals surface area (Å²) in [6, 6.07) is 22.0. The molecule has 1 aromatic heterocycles. The van der Waals surface area contributed by atoms with Crippen molar-refractivity contribution >= 4 is 5.78 Å². The van der Waals surface area contributed by atoms with Gasteiger partial charge >= 0.3 is 0 Å². The molecular weight excluding hydrogens is 246 g/mol. The van der Waals surface area contributed by atoms with Crippen LogP contribution in [-0.4, -0.2) is 10.8 Å². The van der Waals surface area contributed by atoms with Gasteiger partial charge in [0, 0.05) is 12.6 Å². The maximum absolute atomic E-state index is 12.0. The van der Waals surface area contributed by atoms with Crippen molar-refractivity contribution in [1.82, 2.24) is 4.98 Å². The fraction of sp³-hybridized carbons (Fsp3) is 0.0556. The van der Waals surface area contributed by atoms with Crippen molar-refractivity contribution in [2.45, 2.75) is 6.42 Å². The number of aromatic amines is 1. The van der Waals surface area contributed by atoms with Gasteiger partial charge in [-0.3, -0.25) is 4.79 Å². The van der Waals surface area contributed by atoms with Crippen LogP contribution in [0.4, 0.5) is 0 Å². The minimum Gasteiger partial charge on any atom is -0.359 e. The van der Waals surface area contributed by atoms with Crippen LogP contribution in [0.25, 0.3) is 11.1 Å². The molecule has 0 fully saturated rings. The Kier molecular flexibility index (Phi) is 3.46. The number of carbonyl (C=O) groups excluding carboxylic acids is 1. The molecule has 0 radical (unpaired) electrons. The molecule has 0 aliphatic heterocycles. The van der Waals surface area contributed by atoms with E-state index in [1.54, 1.807) is 12.3 Å². The number of ketones is 1. The molecule has 3 aromatic rings. The molecule has 1 heterocycles. The average Bonchev–Trinajstić information content (AvgIpc) is 3.03. The van der Waals surface area contributed by atoms with Gasteiger partial charge in [-0.25, -0.2) is 0 Å². The molecule has 2 aromatic carbocycles. The molecule has 0 aliphatic rings. The first-order valence-electron chi connectivity index (χ1n) is 6.64. The first-order valence-corrected chi connectivity index (χ1v) is 6.64. The minimum absolute atomic E-state index is 0.113. The van der Waals surface area contributed by atoms with E-state index in [1.807, 2.05) is 36.4 Å². The fourth-order valence-electron chi connectivity index (χ4n) is 2.23. The van der Waals surface area contributed by atoms with Gasteiger partial charge in [-0.15, -0.1) is 0 Å². The molecule has 0 atom stereocenters. The molecule has 0 amide bonds. The van der Waals surface area contributed by atoms with Crippen molar-refractivity contribution in [1.29, 1.82) is 0 Å². The third-order valence-corrected chi connectivity index (χ3v) is 3.32. The largest absolute Gasteiger partial charge is 0.359 e. The number of rotatable bonds is 4. The molecule has 20 heavy (non-hydrogen) atoms. The van der Waals surface area contributed by atoms with E-state index >= 15 is 0 Å². The highest BCUT2D eigenvalue weighted by Crippen LogP contribution is 2.19. The second kappa shape index (κ2) is 5.57. The average molecular weight is 261 g/mol. The second-order valence-electron chi connectivity index (χ2n) is 4.75. The molecule has 3 rings (SSSR count). The first kappa shape index (κ1) is 12.4. The zero-order valence-electron chi connectivity index (χ0n) is 11.0. The van der Waals surface area contributed by atoms with E-state index < -0.39 is 0 Å². The van der Waals surface area contributed by atoms with Crippen molar-refractivity contribution < 1.29 is 4.79 Å². The summed E-state index contributed by atoms with van der Waals surface area (Å²) in [5.41, 5.74) is 4.05. The lowest BCUT2D eigenvalue weighted by molar-refractivity contribution is 0.0989. The van der Waals surface area contributed by atoms with E-state index in [0.29, 0.717) is 12.1 Å². The lowest BCUT2D eigenvalue weighted by Gasteiger charge is -2.04. The molecule has 1 N–H and O–H groups in total. The maximum Gasteiger partial charge on any atom is 0.183 e. The van der Waals surface area contributed by atoms with Gasteiger partial charge in [0.25, 0.3) is 0 Å². The summed E-state index contributed by atoms with van der Waals surface area (Å²) in [4.78, 5) is 14.9. The van der Waals surface area contributed by atoms with Crippen molar-refractivity contribution in [2.24, 2.45) is 0 Å². The minimum atomic E-state index is 0.113. The standard InChI is InChI=1S/C18H15NO/c20-18(17-7-4-12-19-17)13-14-8-10-16(11-9-14)15-5-2-1-3-6-15/h1-12,19H,13H2. The van der Waals surface area contributed by atoms with Crippen LogP contribution in [0.2, 0.25) is 0 Å². The normalized spacial score (nSPS) is 10.4. The predicted octanol–water partition coefficient (Wildman–Crippen LogP) is 4.11. The van der Waals surface area contributed by atoms with Gasteiger partial charge in [-0.1, -0.05) is 54.6 Å². The number of benzene rings is 2. The lowest BCUT2D eigenvalue weighted by Crippen LogP contribution is -2.03. The fourth-order valence-corrected chi connectivity index (χ4v) is 2.23. The van der Waals surface area contributed by atoms with Crippen molar-refractivity contribution in [3.05, 3.63) is 84.2 Å². The number of nitrogens with one attached hydrogen (secondary N) is 1. The first-order chi connectivity index (χ1) is 9.83. The van der Waals surface area contributed by atoms with Gasteiger partial charge in [-0.2, -0.15) is 0 Å². The summed E-state index contributed by atoms with van der Waals surface area (Å²) >= 11 is 0. The highest BCUT2D eigenvalue weighted by molar-refractivity contribution is 5.95. The van der Waals surface area contributed by atoms with Crippen LogP contribution in [0, 0.1) is 0 Å². The van der Waals surface area contributed by atoms with Gasteiger partial charge in [0.1, 0.15) is 0 Å². The number of H-pyrrole nitrogens is 1. The van der Waals surface area contributed by atoms with Crippen LogP contribution in [-0.2, 0) is 6.42 Å². The van der Waals surface area contributed by atoms with E-state index in [4.69, 9.17) is 0 Å². The van der Waals surface area contributed by atoms with E-state index in [9.17, 15) is 4.79 Å². The molecule has 0 aliphatic carbocycles. The maximum atomic E-state index is 12.0. The number of hydrogen-bond donors (Lipinski definition) is 1. The Balaban J connectivity index is 1.75. The molecule has 0 saturated heterocycles. The topological polar surface area (TPSA) is 32.9 Å². The van der Waals surface area contributed by atoms with Crippen molar-refractivity contribution in [2.75, 3.05) is 0 Å². The Morgan fingerprint density at radius 1 is 0.800 bits per heavy atom. The van der Waals surface area contributed by atoms with E-state index in [2.05, 4.69) is 29.2 Å². The zero-order valence-corrected chi connectivity index (χ0v) is 11.0. The highest BCUT2D eigenvalue weighted by Gasteiger charge is 2.07. The Labute approximate surface area is 118 Å². The zero-order chi connectivity index (χ0) is 13.8. The summed E-state index contributed by atoms with van der Waals surface area (Å²) in [5, 5.41) is 0. The van der Waals surface area contributed by atoms with Crippen LogP contribution >= 0.6 is 0 Å². The monoisotopic (exact) mass is 261 g/mol. The SMILES string of the molecule is O=C(Cc1ccc(-c2ccccc2)cc1)c1ccc[nH]1. The molecule has 2 nitrogen and oxygen atoms in total. The van der Waals surface area contributed by atoms with Crippen LogP contribution < -0.4 is 0 Å². The summed E-state index contributed by atoms with van der Waals surface area (Å²) in [6.45, 7) is 0. The summed E-state index contributed by atoms with van der Waals surface area (Å²) in [5.74, 6) is 0.113. The van der Waals surface area contributed by atoms with Crippen LogP contribution in [0.3, 0.4) is 0 Å². The molecule has 98 valence electrons. The quantitative estimate of drug-likeness (QED) is 0.704. The summed E-state index contributed by atoms with van der Waals surface area (Å²) in [7, 11) is 0. The third-order valence-electron chi connectivity index (χ3n) is 3.32. The summed E-state index contributed by atoms with van der Waals surface area (Å²) in [6.07, 6.45) is 2.20. The van der Waals surface area contributed by atoms with Gasteiger partial charge in [0.2, 0.25) is 0 Å². The van der Waals surface area contributed by atoms with Gasteiger partial charge < -0.3 is 4.98 Å². The molecule has 0 unspecified atom stereocenters.